The molecule has 0 spiro atoms. The molecule has 0 radical (unpaired) electrons. The topological polar surface area (TPSA) is 12.0 Å². The van der Waals surface area contributed by atoms with Crippen molar-refractivity contribution in [3.05, 3.63) is 22.4 Å². The Morgan fingerprint density at radius 3 is 3.08 bits per heavy atom. The average molecular weight is 199 g/mol. The minimum absolute atomic E-state index is 0.400. The van der Waals surface area contributed by atoms with E-state index in [-0.39, 0.29) is 0 Å². The smallest absolute Gasteiger partial charge is 0.102 e. The minimum Gasteiger partial charge on any atom is -0.309 e. The fourth-order valence-electron chi connectivity index (χ4n) is 1.77. The molecule has 0 amide bonds. The summed E-state index contributed by atoms with van der Waals surface area (Å²) in [5.41, 5.74) is 0. The Hall–Kier alpha value is -0.410. The normalized spacial score (nSPS) is 28.1. The molecule has 0 aromatic carbocycles. The summed E-state index contributed by atoms with van der Waals surface area (Å²) in [5, 5.41) is 5.46. The maximum Gasteiger partial charge on any atom is 0.102 e. The average Bonchev–Trinajstić information content (AvgIpc) is 2.71. The predicted octanol–water partition coefficient (Wildman–Crippen LogP) is 2.73. The molecule has 2 atom stereocenters. The molecule has 1 heterocycles. The van der Waals surface area contributed by atoms with Crippen molar-refractivity contribution >= 4 is 11.3 Å². The maximum absolute atomic E-state index is 12.8. The molecule has 1 fully saturated rings. The van der Waals surface area contributed by atoms with Gasteiger partial charge < -0.3 is 5.32 Å². The molecule has 0 saturated heterocycles. The van der Waals surface area contributed by atoms with Gasteiger partial charge in [0.2, 0.25) is 0 Å². The van der Waals surface area contributed by atoms with Gasteiger partial charge in [0.25, 0.3) is 0 Å². The lowest BCUT2D eigenvalue weighted by molar-refractivity contribution is 0.333. The molecular weight excluding hydrogens is 185 g/mol. The van der Waals surface area contributed by atoms with E-state index >= 15 is 0 Å². The lowest BCUT2D eigenvalue weighted by Gasteiger charge is -2.09. The largest absolute Gasteiger partial charge is 0.309 e. The third-order valence-electron chi connectivity index (χ3n) is 2.51. The van der Waals surface area contributed by atoms with E-state index < -0.39 is 6.17 Å². The van der Waals surface area contributed by atoms with Crippen LogP contribution in [0.4, 0.5) is 4.39 Å². The van der Waals surface area contributed by atoms with Crippen LogP contribution in [0.25, 0.3) is 0 Å². The first-order valence-corrected chi connectivity index (χ1v) is 5.62. The van der Waals surface area contributed by atoms with Crippen molar-refractivity contribution in [3.8, 4) is 0 Å². The number of hydrogen-bond acceptors (Lipinski definition) is 2. The summed E-state index contributed by atoms with van der Waals surface area (Å²) in [4.78, 5) is 1.34. The Morgan fingerprint density at radius 1 is 1.54 bits per heavy atom. The van der Waals surface area contributed by atoms with Crippen molar-refractivity contribution in [1.82, 2.24) is 5.32 Å². The van der Waals surface area contributed by atoms with Gasteiger partial charge >= 0.3 is 0 Å². The summed E-state index contributed by atoms with van der Waals surface area (Å²) in [7, 11) is 0. The van der Waals surface area contributed by atoms with Gasteiger partial charge in [0.05, 0.1) is 0 Å². The van der Waals surface area contributed by atoms with Crippen LogP contribution in [0.1, 0.15) is 24.1 Å². The van der Waals surface area contributed by atoms with E-state index in [1.807, 2.05) is 6.07 Å². The van der Waals surface area contributed by atoms with E-state index in [1.54, 1.807) is 11.3 Å². The Labute approximate surface area is 82.0 Å². The molecule has 1 N–H and O–H groups in total. The molecule has 13 heavy (non-hydrogen) atoms. The molecule has 72 valence electrons. The fraction of sp³-hybridized carbons (Fsp3) is 0.600. The zero-order chi connectivity index (χ0) is 9.10. The molecule has 1 nitrogen and oxygen atoms in total. The second-order valence-corrected chi connectivity index (χ2v) is 4.60. The lowest BCUT2D eigenvalue weighted by atomic mass is 10.2. The zero-order valence-corrected chi connectivity index (χ0v) is 8.32. The van der Waals surface area contributed by atoms with Crippen molar-refractivity contribution in [3.63, 3.8) is 0 Å². The van der Waals surface area contributed by atoms with Gasteiger partial charge in [-0.25, -0.2) is 4.39 Å². The van der Waals surface area contributed by atoms with Gasteiger partial charge in [0.15, 0.2) is 0 Å². The highest BCUT2D eigenvalue weighted by Crippen LogP contribution is 2.22. The summed E-state index contributed by atoms with van der Waals surface area (Å²) in [6.45, 7) is 0.898. The van der Waals surface area contributed by atoms with Crippen LogP contribution in [0.15, 0.2) is 17.5 Å². The SMILES string of the molecule is FC1CCC(NCc2cccs2)C1. The number of alkyl halides is 1. The molecule has 3 heteroatoms. The number of hydrogen-bond donors (Lipinski definition) is 1. The van der Waals surface area contributed by atoms with Crippen LogP contribution in [-0.4, -0.2) is 12.2 Å². The van der Waals surface area contributed by atoms with Crippen LogP contribution in [0.2, 0.25) is 0 Å². The van der Waals surface area contributed by atoms with E-state index in [2.05, 4.69) is 16.8 Å². The standard InChI is InChI=1S/C10H14FNS/c11-8-3-4-9(6-8)12-7-10-2-1-5-13-10/h1-2,5,8-9,12H,3-4,6-7H2. The summed E-state index contributed by atoms with van der Waals surface area (Å²) < 4.78 is 12.8. The lowest BCUT2D eigenvalue weighted by Crippen LogP contribution is -2.25. The second kappa shape index (κ2) is 4.20. The van der Waals surface area contributed by atoms with Gasteiger partial charge in [0, 0.05) is 17.5 Å². The van der Waals surface area contributed by atoms with E-state index in [0.717, 1.165) is 19.4 Å². The molecule has 1 saturated carbocycles. The van der Waals surface area contributed by atoms with Crippen molar-refractivity contribution in [1.29, 1.82) is 0 Å². The fourth-order valence-corrected chi connectivity index (χ4v) is 2.43. The molecule has 2 unspecified atom stereocenters. The van der Waals surface area contributed by atoms with Gasteiger partial charge in [-0.3, -0.25) is 0 Å². The third kappa shape index (κ3) is 2.51. The van der Waals surface area contributed by atoms with Crippen LogP contribution in [0.5, 0.6) is 0 Å². The van der Waals surface area contributed by atoms with E-state index in [0.29, 0.717) is 12.5 Å². The van der Waals surface area contributed by atoms with Crippen molar-refractivity contribution in [2.75, 3.05) is 0 Å². The first-order valence-electron chi connectivity index (χ1n) is 4.74. The first kappa shape index (κ1) is 9.16. The minimum atomic E-state index is -0.569. The maximum atomic E-state index is 12.8. The van der Waals surface area contributed by atoms with Crippen LogP contribution in [0, 0.1) is 0 Å². The molecular formula is C10H14FNS. The number of halogens is 1. The summed E-state index contributed by atoms with van der Waals surface area (Å²) >= 11 is 1.75. The Bertz CT molecular complexity index is 247. The highest BCUT2D eigenvalue weighted by Gasteiger charge is 2.23. The summed E-state index contributed by atoms with van der Waals surface area (Å²) in [6.07, 6.45) is 1.86. The van der Waals surface area contributed by atoms with Gasteiger partial charge in [-0.15, -0.1) is 11.3 Å². The molecule has 2 rings (SSSR count). The predicted molar refractivity (Wildman–Crippen MR) is 53.7 cm³/mol. The molecule has 0 aliphatic heterocycles. The highest BCUT2D eigenvalue weighted by atomic mass is 32.1. The van der Waals surface area contributed by atoms with E-state index in [1.165, 1.54) is 4.88 Å². The first-order chi connectivity index (χ1) is 6.34. The van der Waals surface area contributed by atoms with E-state index in [9.17, 15) is 4.39 Å². The van der Waals surface area contributed by atoms with Crippen LogP contribution in [0.3, 0.4) is 0 Å². The van der Waals surface area contributed by atoms with Crippen LogP contribution >= 0.6 is 11.3 Å². The van der Waals surface area contributed by atoms with Crippen molar-refractivity contribution in [2.24, 2.45) is 0 Å². The van der Waals surface area contributed by atoms with Crippen molar-refractivity contribution in [2.45, 2.75) is 38.0 Å². The quantitative estimate of drug-likeness (QED) is 0.789. The summed E-state index contributed by atoms with van der Waals surface area (Å²) in [5.74, 6) is 0. The highest BCUT2D eigenvalue weighted by molar-refractivity contribution is 7.09. The van der Waals surface area contributed by atoms with Crippen LogP contribution in [-0.2, 0) is 6.54 Å². The summed E-state index contributed by atoms with van der Waals surface area (Å²) in [6, 6.07) is 4.56. The second-order valence-electron chi connectivity index (χ2n) is 3.57. The van der Waals surface area contributed by atoms with E-state index in [4.69, 9.17) is 0 Å². The molecule has 0 bridgehead atoms. The van der Waals surface area contributed by atoms with Crippen molar-refractivity contribution < 1.29 is 4.39 Å². The van der Waals surface area contributed by atoms with Gasteiger partial charge in [0.1, 0.15) is 6.17 Å². The number of nitrogens with one attached hydrogen (secondary N) is 1. The Morgan fingerprint density at radius 2 is 2.46 bits per heavy atom. The Balaban J connectivity index is 1.74. The third-order valence-corrected chi connectivity index (χ3v) is 3.39. The van der Waals surface area contributed by atoms with Gasteiger partial charge in [-0.1, -0.05) is 6.07 Å². The molecule has 1 aliphatic rings. The molecule has 1 aliphatic carbocycles. The molecule has 1 aromatic heterocycles. The van der Waals surface area contributed by atoms with Gasteiger partial charge in [-0.05, 0) is 30.7 Å². The van der Waals surface area contributed by atoms with Crippen LogP contribution < -0.4 is 5.32 Å². The monoisotopic (exact) mass is 199 g/mol. The van der Waals surface area contributed by atoms with Gasteiger partial charge in [-0.2, -0.15) is 0 Å². The molecule has 1 aromatic rings. The number of rotatable bonds is 3. The zero-order valence-electron chi connectivity index (χ0n) is 7.50. The Kier molecular flexibility index (Phi) is 2.96. The number of thiophene rings is 1.